The van der Waals surface area contributed by atoms with Gasteiger partial charge in [0.05, 0.1) is 0 Å². The van der Waals surface area contributed by atoms with Crippen molar-refractivity contribution in [3.05, 3.63) is 0 Å². The Hall–Kier alpha value is 0.177. The van der Waals surface area contributed by atoms with Crippen molar-refractivity contribution in [1.82, 2.24) is 0 Å². The molecule has 9 heavy (non-hydrogen) atoms. The molecular formula is C7H18OSi. The van der Waals surface area contributed by atoms with Gasteiger partial charge in [0.2, 0.25) is 0 Å². The minimum absolute atomic E-state index is 0.455. The average molecular weight is 146 g/mol. The van der Waals surface area contributed by atoms with Gasteiger partial charge in [-0.1, -0.05) is 13.8 Å². The van der Waals surface area contributed by atoms with Crippen molar-refractivity contribution in [3.63, 3.8) is 0 Å². The number of rotatable bonds is 3. The lowest BCUT2D eigenvalue weighted by molar-refractivity contribution is 0.172. The van der Waals surface area contributed by atoms with Crippen LogP contribution in [0.3, 0.4) is 0 Å². The van der Waals surface area contributed by atoms with Gasteiger partial charge in [-0.3, -0.25) is 0 Å². The van der Waals surface area contributed by atoms with Crippen LogP contribution in [0.5, 0.6) is 0 Å². The summed E-state index contributed by atoms with van der Waals surface area (Å²) in [7, 11) is -0.785. The topological polar surface area (TPSA) is 9.23 Å². The summed E-state index contributed by atoms with van der Waals surface area (Å²) in [6.45, 7) is 11.0. The first-order valence-electron chi connectivity index (χ1n) is 3.69. The lowest BCUT2D eigenvalue weighted by Crippen LogP contribution is -2.22. The van der Waals surface area contributed by atoms with Gasteiger partial charge in [0.25, 0.3) is 0 Å². The molecule has 0 fully saturated rings. The third-order valence-electron chi connectivity index (χ3n) is 1.43. The van der Waals surface area contributed by atoms with E-state index in [1.54, 1.807) is 0 Å². The van der Waals surface area contributed by atoms with E-state index in [0.717, 1.165) is 0 Å². The Morgan fingerprint density at radius 2 is 1.56 bits per heavy atom. The highest BCUT2D eigenvalue weighted by Gasteiger charge is 2.08. The smallest absolute Gasteiger partial charge is 0.171 e. The van der Waals surface area contributed by atoms with Crippen molar-refractivity contribution < 1.29 is 4.43 Å². The van der Waals surface area contributed by atoms with Crippen LogP contribution in [0, 0.1) is 5.92 Å². The van der Waals surface area contributed by atoms with E-state index in [9.17, 15) is 0 Å². The minimum atomic E-state index is -0.785. The highest BCUT2D eigenvalue weighted by molar-refractivity contribution is 6.48. The summed E-state index contributed by atoms with van der Waals surface area (Å²) in [5.74, 6) is 0.667. The Morgan fingerprint density at radius 1 is 1.11 bits per heavy atom. The molecule has 0 heterocycles. The van der Waals surface area contributed by atoms with Gasteiger partial charge < -0.3 is 4.43 Å². The third-order valence-corrected chi connectivity index (χ3v) is 2.40. The Kier molecular flexibility index (Phi) is 4.15. The minimum Gasteiger partial charge on any atom is -0.418 e. The van der Waals surface area contributed by atoms with Crippen LogP contribution in [0.1, 0.15) is 20.8 Å². The monoisotopic (exact) mass is 146 g/mol. The Labute approximate surface area is 60.1 Å². The zero-order valence-corrected chi connectivity index (χ0v) is 8.29. The lowest BCUT2D eigenvalue weighted by Gasteiger charge is -2.18. The van der Waals surface area contributed by atoms with Gasteiger partial charge in [-0.05, 0) is 25.9 Å². The molecular weight excluding hydrogens is 128 g/mol. The largest absolute Gasteiger partial charge is 0.418 e. The van der Waals surface area contributed by atoms with Crippen LogP contribution in [0.4, 0.5) is 0 Å². The van der Waals surface area contributed by atoms with Crippen molar-refractivity contribution in [2.45, 2.75) is 40.0 Å². The maximum absolute atomic E-state index is 5.65. The standard InChI is InChI=1S/C7H18OSi/c1-6(2)7(3)8-9(4)5/h6-7,9H,1-5H3. The van der Waals surface area contributed by atoms with Crippen molar-refractivity contribution in [3.8, 4) is 0 Å². The Bertz CT molecular complexity index is 71.3. The van der Waals surface area contributed by atoms with Crippen LogP contribution in [-0.4, -0.2) is 15.1 Å². The third kappa shape index (κ3) is 4.67. The van der Waals surface area contributed by atoms with E-state index < -0.39 is 9.04 Å². The molecule has 56 valence electrons. The fraction of sp³-hybridized carbons (Fsp3) is 1.00. The number of hydrogen-bond acceptors (Lipinski definition) is 1. The quantitative estimate of drug-likeness (QED) is 0.554. The molecule has 0 aliphatic heterocycles. The molecule has 1 nitrogen and oxygen atoms in total. The highest BCUT2D eigenvalue weighted by atomic mass is 28.3. The average Bonchev–Trinajstić information content (AvgIpc) is 1.63. The van der Waals surface area contributed by atoms with Gasteiger partial charge in [-0.15, -0.1) is 0 Å². The molecule has 0 aromatic carbocycles. The Morgan fingerprint density at radius 3 is 1.67 bits per heavy atom. The molecule has 1 unspecified atom stereocenters. The predicted molar refractivity (Wildman–Crippen MR) is 44.3 cm³/mol. The van der Waals surface area contributed by atoms with E-state index in [1.165, 1.54) is 0 Å². The molecule has 0 rings (SSSR count). The SMILES string of the molecule is CC(C)C(C)O[SiH](C)C. The van der Waals surface area contributed by atoms with Crippen molar-refractivity contribution in [1.29, 1.82) is 0 Å². The summed E-state index contributed by atoms with van der Waals surface area (Å²) < 4.78 is 5.65. The van der Waals surface area contributed by atoms with Gasteiger partial charge in [0.15, 0.2) is 9.04 Å². The summed E-state index contributed by atoms with van der Waals surface area (Å²) in [6.07, 6.45) is 0.455. The summed E-state index contributed by atoms with van der Waals surface area (Å²) in [6, 6.07) is 0. The molecule has 0 amide bonds. The molecule has 0 aliphatic carbocycles. The first-order chi connectivity index (χ1) is 4.04. The molecule has 0 bridgehead atoms. The van der Waals surface area contributed by atoms with Crippen LogP contribution >= 0.6 is 0 Å². The maximum atomic E-state index is 5.65. The summed E-state index contributed by atoms with van der Waals surface area (Å²) in [5.41, 5.74) is 0. The van der Waals surface area contributed by atoms with E-state index in [2.05, 4.69) is 33.9 Å². The molecule has 0 aliphatic rings. The molecule has 0 saturated carbocycles. The van der Waals surface area contributed by atoms with Crippen LogP contribution in [0.15, 0.2) is 0 Å². The van der Waals surface area contributed by atoms with Gasteiger partial charge in [-0.2, -0.15) is 0 Å². The second kappa shape index (κ2) is 4.07. The fourth-order valence-electron chi connectivity index (χ4n) is 0.586. The zero-order valence-electron chi connectivity index (χ0n) is 7.14. The zero-order chi connectivity index (χ0) is 7.44. The number of hydrogen-bond donors (Lipinski definition) is 0. The second-order valence-electron chi connectivity index (χ2n) is 3.13. The van der Waals surface area contributed by atoms with Gasteiger partial charge in [-0.25, -0.2) is 0 Å². The van der Waals surface area contributed by atoms with Crippen LogP contribution in [0.2, 0.25) is 13.1 Å². The predicted octanol–water partition coefficient (Wildman–Crippen LogP) is 2.03. The van der Waals surface area contributed by atoms with Gasteiger partial charge in [0, 0.05) is 6.10 Å². The maximum Gasteiger partial charge on any atom is 0.171 e. The molecule has 0 spiro atoms. The van der Waals surface area contributed by atoms with Crippen LogP contribution in [0.25, 0.3) is 0 Å². The first kappa shape index (κ1) is 9.18. The molecule has 2 heteroatoms. The molecule has 1 atom stereocenters. The Balaban J connectivity index is 3.38. The van der Waals surface area contributed by atoms with E-state index in [4.69, 9.17) is 4.43 Å². The highest BCUT2D eigenvalue weighted by Crippen LogP contribution is 2.05. The van der Waals surface area contributed by atoms with Crippen molar-refractivity contribution in [2.75, 3.05) is 0 Å². The normalized spacial score (nSPS) is 15.0. The van der Waals surface area contributed by atoms with E-state index in [0.29, 0.717) is 12.0 Å². The lowest BCUT2D eigenvalue weighted by atomic mass is 10.1. The fourth-order valence-corrected chi connectivity index (χ4v) is 1.76. The molecule has 0 aromatic rings. The summed E-state index contributed by atoms with van der Waals surface area (Å²) in [5, 5.41) is 0. The first-order valence-corrected chi connectivity index (χ1v) is 6.47. The van der Waals surface area contributed by atoms with E-state index >= 15 is 0 Å². The second-order valence-corrected chi connectivity index (χ2v) is 5.50. The van der Waals surface area contributed by atoms with Crippen molar-refractivity contribution in [2.24, 2.45) is 5.92 Å². The summed E-state index contributed by atoms with van der Waals surface area (Å²) in [4.78, 5) is 0. The molecule has 0 radical (unpaired) electrons. The van der Waals surface area contributed by atoms with E-state index in [-0.39, 0.29) is 0 Å². The summed E-state index contributed by atoms with van der Waals surface area (Å²) >= 11 is 0. The van der Waals surface area contributed by atoms with E-state index in [1.807, 2.05) is 0 Å². The van der Waals surface area contributed by atoms with Gasteiger partial charge >= 0.3 is 0 Å². The molecule has 0 aromatic heterocycles. The van der Waals surface area contributed by atoms with Crippen LogP contribution < -0.4 is 0 Å². The molecule has 0 saturated heterocycles. The van der Waals surface area contributed by atoms with Gasteiger partial charge in [0.1, 0.15) is 0 Å². The molecule has 0 N–H and O–H groups in total. The van der Waals surface area contributed by atoms with Crippen LogP contribution in [-0.2, 0) is 4.43 Å². The van der Waals surface area contributed by atoms with Crippen molar-refractivity contribution >= 4 is 9.04 Å².